The molecule has 3 N–H and O–H groups in total. The zero-order valence-corrected chi connectivity index (χ0v) is 18.9. The van der Waals surface area contributed by atoms with Crippen LogP contribution in [0, 0.1) is 0 Å². The van der Waals surface area contributed by atoms with E-state index in [1.54, 1.807) is 36.0 Å². The number of thioether (sulfide) groups is 1. The number of alkyl halides is 1. The summed E-state index contributed by atoms with van der Waals surface area (Å²) in [4.78, 5) is 35.1. The molecule has 0 saturated carbocycles. The van der Waals surface area contributed by atoms with Crippen molar-refractivity contribution in [2.24, 2.45) is 4.99 Å². The molecule has 2 heterocycles. The van der Waals surface area contributed by atoms with Gasteiger partial charge in [-0.25, -0.2) is 9.78 Å². The highest BCUT2D eigenvalue weighted by Gasteiger charge is 2.19. The number of hydrogen-bond donors (Lipinski definition) is 3. The number of para-hydroxylation sites is 2. The van der Waals surface area contributed by atoms with Gasteiger partial charge in [0.1, 0.15) is 21.6 Å². The number of nitrogens with zero attached hydrogens (tertiary/aromatic N) is 2. The third-order valence-corrected chi connectivity index (χ3v) is 6.31. The monoisotopic (exact) mass is 522 g/mol. The molecule has 1 aromatic heterocycles. The second-order valence-electron chi connectivity index (χ2n) is 5.63. The fourth-order valence-electron chi connectivity index (χ4n) is 2.30. The lowest BCUT2D eigenvalue weighted by molar-refractivity contribution is -0.191. The van der Waals surface area contributed by atoms with Gasteiger partial charge in [-0.1, -0.05) is 52.0 Å². The number of carbonyl (C=O) groups excluding carboxylic acids is 2. The number of aromatic nitrogens is 1. The molecule has 0 amide bonds. The fraction of sp³-hybridized carbons (Fsp3) is 0.100. The number of phenols is 2. The smallest absolute Gasteiger partial charge is 0.373 e. The van der Waals surface area contributed by atoms with E-state index in [-0.39, 0.29) is 17.6 Å². The number of hydrogen-bond acceptors (Lipinski definition) is 9. The van der Waals surface area contributed by atoms with Gasteiger partial charge in [-0.3, -0.25) is 4.99 Å². The summed E-state index contributed by atoms with van der Waals surface area (Å²) in [7, 11) is 0. The first-order valence-corrected chi connectivity index (χ1v) is 11.1. The highest BCUT2D eigenvalue weighted by Crippen LogP contribution is 2.32. The molecule has 0 bridgehead atoms. The number of aliphatic imine (C=N–C) groups is 1. The van der Waals surface area contributed by atoms with Crippen molar-refractivity contribution in [3.8, 4) is 22.1 Å². The Bertz CT molecular complexity index is 1110. The summed E-state index contributed by atoms with van der Waals surface area (Å²) in [5, 5.41) is 30.6. The number of thiazole rings is 1. The van der Waals surface area contributed by atoms with Crippen molar-refractivity contribution >= 4 is 56.2 Å². The van der Waals surface area contributed by atoms with Gasteiger partial charge < -0.3 is 15.3 Å². The van der Waals surface area contributed by atoms with Crippen LogP contribution in [0.4, 0.5) is 0 Å². The zero-order chi connectivity index (χ0) is 22.8. The third kappa shape index (κ3) is 7.04. The largest absolute Gasteiger partial charge is 0.507 e. The molecule has 0 spiro atoms. The van der Waals surface area contributed by atoms with E-state index in [1.165, 1.54) is 22.8 Å². The molecule has 2 aromatic carbocycles. The van der Waals surface area contributed by atoms with Gasteiger partial charge in [-0.05, 0) is 24.3 Å². The van der Waals surface area contributed by atoms with Crippen LogP contribution in [0.2, 0.25) is 0 Å². The molecule has 3 aromatic rings. The van der Waals surface area contributed by atoms with Crippen LogP contribution >= 0.6 is 39.0 Å². The van der Waals surface area contributed by atoms with Crippen molar-refractivity contribution in [2.75, 3.05) is 6.54 Å². The van der Waals surface area contributed by atoms with Crippen LogP contribution in [0.3, 0.4) is 0 Å². The quantitative estimate of drug-likeness (QED) is 0.434. The molecule has 160 valence electrons. The molecule has 31 heavy (non-hydrogen) atoms. The molecule has 0 saturated heterocycles. The topological polar surface area (TPSA) is 137 Å². The molecule has 0 radical (unpaired) electrons. The van der Waals surface area contributed by atoms with Gasteiger partial charge in [0.05, 0.1) is 16.3 Å². The summed E-state index contributed by atoms with van der Waals surface area (Å²) < 4.78 is 0.349. The SMILES string of the molecule is O=C(O)c1csc(-c2ccccc2O)n1.O=C=O.Oc1ccccc1C1=NCC(Br)S1. The minimum atomic E-state index is -1.06. The molecule has 8 nitrogen and oxygen atoms in total. The van der Waals surface area contributed by atoms with Gasteiger partial charge in [-0.2, -0.15) is 9.59 Å². The van der Waals surface area contributed by atoms with Crippen LogP contribution in [0.25, 0.3) is 10.6 Å². The van der Waals surface area contributed by atoms with Crippen molar-refractivity contribution in [2.45, 2.75) is 4.16 Å². The van der Waals surface area contributed by atoms with Crippen LogP contribution in [0.15, 0.2) is 58.9 Å². The predicted molar refractivity (Wildman–Crippen MR) is 121 cm³/mol. The van der Waals surface area contributed by atoms with Gasteiger partial charge in [0.15, 0.2) is 5.69 Å². The average molecular weight is 523 g/mol. The molecule has 0 aliphatic carbocycles. The maximum Gasteiger partial charge on any atom is 0.373 e. The molecule has 1 atom stereocenters. The Morgan fingerprint density at radius 1 is 1.03 bits per heavy atom. The number of aromatic hydroxyl groups is 2. The van der Waals surface area contributed by atoms with E-state index < -0.39 is 5.97 Å². The standard InChI is InChI=1S/C10H7NO3S.C9H8BrNOS.CO2/c12-8-4-2-1-3-6(8)9-11-7(5-15-9)10(13)14;10-8-5-11-9(13-8)6-3-1-2-4-7(6)12;2-1-3/h1-5,12H,(H,13,14);1-4,8,12H,5H2;. The second-order valence-corrected chi connectivity index (χ2v) is 9.40. The Kier molecular flexibility index (Phi) is 9.41. The second kappa shape index (κ2) is 12.0. The van der Waals surface area contributed by atoms with Crippen LogP contribution in [0.5, 0.6) is 11.5 Å². The number of benzene rings is 2. The summed E-state index contributed by atoms with van der Waals surface area (Å²) in [6.45, 7) is 0.772. The van der Waals surface area contributed by atoms with Crippen molar-refractivity contribution < 1.29 is 29.7 Å². The van der Waals surface area contributed by atoms with Crippen molar-refractivity contribution in [1.29, 1.82) is 0 Å². The van der Waals surface area contributed by atoms with Crippen molar-refractivity contribution in [3.05, 3.63) is 65.2 Å². The maximum absolute atomic E-state index is 10.6. The van der Waals surface area contributed by atoms with Crippen LogP contribution < -0.4 is 0 Å². The summed E-state index contributed by atoms with van der Waals surface area (Å²) in [5.41, 5.74) is 1.38. The number of aromatic carboxylic acids is 1. The Balaban J connectivity index is 0.000000197. The van der Waals surface area contributed by atoms with Crippen molar-refractivity contribution in [3.63, 3.8) is 0 Å². The highest BCUT2D eigenvalue weighted by atomic mass is 79.9. The number of carbonyl (C=O) groups is 1. The average Bonchev–Trinajstić information content (AvgIpc) is 3.39. The zero-order valence-electron chi connectivity index (χ0n) is 15.6. The van der Waals surface area contributed by atoms with Crippen LogP contribution in [0.1, 0.15) is 16.1 Å². The minimum Gasteiger partial charge on any atom is -0.507 e. The third-order valence-electron chi connectivity index (χ3n) is 3.61. The Morgan fingerprint density at radius 3 is 2.03 bits per heavy atom. The molecule has 1 aliphatic rings. The van der Waals surface area contributed by atoms with E-state index in [0.29, 0.717) is 20.5 Å². The lowest BCUT2D eigenvalue weighted by Crippen LogP contribution is -1.95. The molecule has 1 unspecified atom stereocenters. The number of carboxylic acid groups (broad SMARTS) is 1. The normalized spacial score (nSPS) is 14.2. The van der Waals surface area contributed by atoms with Crippen LogP contribution in [-0.2, 0) is 9.59 Å². The molecule has 1 aliphatic heterocycles. The molecular weight excluding hydrogens is 508 g/mol. The summed E-state index contributed by atoms with van der Waals surface area (Å²) in [6, 6.07) is 14.0. The van der Waals surface area contributed by atoms with E-state index >= 15 is 0 Å². The summed E-state index contributed by atoms with van der Waals surface area (Å²) in [5.74, 6) is -0.660. The van der Waals surface area contributed by atoms with E-state index in [4.69, 9.17) is 14.7 Å². The van der Waals surface area contributed by atoms with Gasteiger partial charge in [0.2, 0.25) is 0 Å². The predicted octanol–water partition coefficient (Wildman–Crippen LogP) is 4.24. The summed E-state index contributed by atoms with van der Waals surface area (Å²) in [6.07, 6.45) is 0.250. The Labute approximate surface area is 193 Å². The maximum atomic E-state index is 10.6. The first-order chi connectivity index (χ1) is 14.9. The van der Waals surface area contributed by atoms with E-state index in [1.807, 2.05) is 18.2 Å². The van der Waals surface area contributed by atoms with Gasteiger partial charge in [-0.15, -0.1) is 11.3 Å². The minimum absolute atomic E-state index is 0.00162. The number of phenolic OH excluding ortho intramolecular Hbond substituents is 2. The molecular formula is C20H15BrN2O6S2. The summed E-state index contributed by atoms with van der Waals surface area (Å²) >= 11 is 6.30. The van der Waals surface area contributed by atoms with Crippen LogP contribution in [-0.4, -0.2) is 48.2 Å². The number of rotatable bonds is 3. The number of halogens is 1. The Morgan fingerprint density at radius 2 is 1.58 bits per heavy atom. The highest BCUT2D eigenvalue weighted by molar-refractivity contribution is 9.11. The van der Waals surface area contributed by atoms with Gasteiger partial charge in [0, 0.05) is 10.9 Å². The lowest BCUT2D eigenvalue weighted by atomic mass is 10.2. The van der Waals surface area contributed by atoms with Gasteiger partial charge >= 0.3 is 12.1 Å². The fourth-order valence-corrected chi connectivity index (χ4v) is 4.65. The van der Waals surface area contributed by atoms with Crippen molar-refractivity contribution in [1.82, 2.24) is 4.98 Å². The first-order valence-electron chi connectivity index (χ1n) is 8.47. The Hall–Kier alpha value is -2.98. The molecule has 4 rings (SSSR count). The van der Waals surface area contributed by atoms with E-state index in [9.17, 15) is 15.0 Å². The van der Waals surface area contributed by atoms with E-state index in [2.05, 4.69) is 25.9 Å². The molecule has 0 fully saturated rings. The first kappa shape index (κ1) is 24.3. The number of carboxylic acids is 1. The van der Waals surface area contributed by atoms with Gasteiger partial charge in [0.25, 0.3) is 0 Å². The molecule has 11 heteroatoms. The van der Waals surface area contributed by atoms with E-state index in [0.717, 1.165) is 17.2 Å². The lowest BCUT2D eigenvalue weighted by Gasteiger charge is -2.02.